The lowest BCUT2D eigenvalue weighted by atomic mass is 10.0. The number of carbonyl (C=O) groups excluding carboxylic acids is 1. The first kappa shape index (κ1) is 19.0. The summed E-state index contributed by atoms with van der Waals surface area (Å²) in [6.07, 6.45) is -10.6. The predicted molar refractivity (Wildman–Crippen MR) is 64.2 cm³/mol. The van der Waals surface area contributed by atoms with Crippen molar-refractivity contribution in [2.45, 2.75) is 32.4 Å². The van der Waals surface area contributed by atoms with Gasteiger partial charge in [-0.15, -0.1) is 13.2 Å². The third-order valence-electron chi connectivity index (χ3n) is 2.56. The minimum Gasteiger partial charge on any atom is -0.466 e. The number of hydrogen-bond donors (Lipinski definition) is 1. The van der Waals surface area contributed by atoms with Gasteiger partial charge < -0.3 is 15.2 Å². The molecule has 1 rings (SSSR count). The third-order valence-corrected chi connectivity index (χ3v) is 2.56. The molecule has 0 aromatic carbocycles. The topological polar surface area (TPSA) is 74.4 Å². The van der Waals surface area contributed by atoms with Gasteiger partial charge in [0.1, 0.15) is 0 Å². The fourth-order valence-corrected chi connectivity index (χ4v) is 1.82. The van der Waals surface area contributed by atoms with Crippen LogP contribution in [0.1, 0.15) is 23.6 Å². The monoisotopic (exact) mass is 346 g/mol. The summed E-state index contributed by atoms with van der Waals surface area (Å²) in [5, 5.41) is 0. The Morgan fingerprint density at radius 1 is 1.26 bits per heavy atom. The van der Waals surface area contributed by atoms with Gasteiger partial charge in [0.2, 0.25) is 5.88 Å². The van der Waals surface area contributed by atoms with Gasteiger partial charge in [0.15, 0.2) is 0 Å². The molecule has 0 bridgehead atoms. The Hall–Kier alpha value is -2.04. The molecule has 0 fully saturated rings. The summed E-state index contributed by atoms with van der Waals surface area (Å²) in [6, 6.07) is 0. The van der Waals surface area contributed by atoms with Gasteiger partial charge in [-0.3, -0.25) is 4.79 Å². The summed E-state index contributed by atoms with van der Waals surface area (Å²) >= 11 is 0. The first-order chi connectivity index (χ1) is 10.5. The van der Waals surface area contributed by atoms with E-state index in [2.05, 4.69) is 14.5 Å². The SMILES string of the molecule is CCOC(=O)Cc1cnc(OC(F)(F)F)c(CN)c1C(F)(F)F. The van der Waals surface area contributed by atoms with Gasteiger partial charge in [-0.2, -0.15) is 13.2 Å². The van der Waals surface area contributed by atoms with Crippen LogP contribution in [0.4, 0.5) is 26.3 Å². The highest BCUT2D eigenvalue weighted by molar-refractivity contribution is 5.73. The molecule has 0 aliphatic heterocycles. The molecule has 0 spiro atoms. The first-order valence-corrected chi connectivity index (χ1v) is 6.19. The molecule has 0 aliphatic rings. The van der Waals surface area contributed by atoms with Gasteiger partial charge in [0.05, 0.1) is 18.6 Å². The van der Waals surface area contributed by atoms with Crippen LogP contribution in [0.5, 0.6) is 5.88 Å². The summed E-state index contributed by atoms with van der Waals surface area (Å²) < 4.78 is 84.2. The Bertz CT molecular complexity index is 571. The average Bonchev–Trinajstić information content (AvgIpc) is 2.37. The van der Waals surface area contributed by atoms with Gasteiger partial charge in [-0.1, -0.05) is 0 Å². The molecule has 0 saturated heterocycles. The number of alkyl halides is 6. The summed E-state index contributed by atoms with van der Waals surface area (Å²) in [5.74, 6) is -2.29. The number of rotatable bonds is 5. The van der Waals surface area contributed by atoms with Crippen molar-refractivity contribution in [2.75, 3.05) is 6.61 Å². The van der Waals surface area contributed by atoms with E-state index in [0.29, 0.717) is 6.20 Å². The summed E-state index contributed by atoms with van der Waals surface area (Å²) in [5.41, 5.74) is 2.00. The van der Waals surface area contributed by atoms with E-state index in [9.17, 15) is 31.1 Å². The zero-order valence-electron chi connectivity index (χ0n) is 11.7. The van der Waals surface area contributed by atoms with Crippen LogP contribution in [0.2, 0.25) is 0 Å². The Balaban J connectivity index is 3.40. The minimum absolute atomic E-state index is 0.0629. The quantitative estimate of drug-likeness (QED) is 0.655. The number of ether oxygens (including phenoxy) is 2. The summed E-state index contributed by atoms with van der Waals surface area (Å²) in [6.45, 7) is 0.475. The second-order valence-electron chi connectivity index (χ2n) is 4.17. The number of hydrogen-bond acceptors (Lipinski definition) is 5. The molecule has 1 aromatic heterocycles. The van der Waals surface area contributed by atoms with E-state index in [4.69, 9.17) is 5.73 Å². The number of esters is 1. The van der Waals surface area contributed by atoms with Crippen molar-refractivity contribution in [2.24, 2.45) is 5.73 Å². The highest BCUT2D eigenvalue weighted by Gasteiger charge is 2.40. The van der Waals surface area contributed by atoms with Crippen LogP contribution < -0.4 is 10.5 Å². The van der Waals surface area contributed by atoms with E-state index in [1.807, 2.05) is 0 Å². The van der Waals surface area contributed by atoms with E-state index in [0.717, 1.165) is 0 Å². The van der Waals surface area contributed by atoms with Crippen LogP contribution >= 0.6 is 0 Å². The smallest absolute Gasteiger partial charge is 0.466 e. The van der Waals surface area contributed by atoms with Gasteiger partial charge in [0, 0.05) is 18.3 Å². The van der Waals surface area contributed by atoms with Crippen LogP contribution in [-0.4, -0.2) is 23.9 Å². The van der Waals surface area contributed by atoms with Crippen molar-refractivity contribution in [3.63, 3.8) is 0 Å². The number of aromatic nitrogens is 1. The second-order valence-corrected chi connectivity index (χ2v) is 4.17. The molecule has 0 atom stereocenters. The molecule has 1 aromatic rings. The molecular formula is C12H12F6N2O3. The lowest BCUT2D eigenvalue weighted by Gasteiger charge is -2.19. The Labute approximate surface area is 126 Å². The van der Waals surface area contributed by atoms with Gasteiger partial charge in [-0.25, -0.2) is 4.98 Å². The summed E-state index contributed by atoms with van der Waals surface area (Å²) in [4.78, 5) is 14.5. The van der Waals surface area contributed by atoms with Crippen molar-refractivity contribution in [1.82, 2.24) is 4.98 Å². The molecule has 0 amide bonds. The average molecular weight is 346 g/mol. The predicted octanol–water partition coefficient (Wildman–Crippen LogP) is 2.56. The van der Waals surface area contributed by atoms with Crippen molar-refractivity contribution >= 4 is 5.97 Å². The number of nitrogens with zero attached hydrogens (tertiary/aromatic N) is 1. The first-order valence-electron chi connectivity index (χ1n) is 6.19. The van der Waals surface area contributed by atoms with Crippen molar-refractivity contribution in [1.29, 1.82) is 0 Å². The molecular weight excluding hydrogens is 334 g/mol. The van der Waals surface area contributed by atoms with E-state index in [-0.39, 0.29) is 6.61 Å². The highest BCUT2D eigenvalue weighted by atomic mass is 19.4. The zero-order valence-corrected chi connectivity index (χ0v) is 11.7. The second kappa shape index (κ2) is 7.02. The Kier molecular flexibility index (Phi) is 5.81. The number of carbonyl (C=O) groups is 1. The van der Waals surface area contributed by atoms with Crippen molar-refractivity contribution in [3.8, 4) is 5.88 Å². The summed E-state index contributed by atoms with van der Waals surface area (Å²) in [7, 11) is 0. The fraction of sp³-hybridized carbons (Fsp3) is 0.500. The van der Waals surface area contributed by atoms with E-state index < -0.39 is 54.0 Å². The Morgan fingerprint density at radius 2 is 1.87 bits per heavy atom. The maximum absolute atomic E-state index is 13.2. The molecule has 23 heavy (non-hydrogen) atoms. The van der Waals surface area contributed by atoms with Gasteiger partial charge in [-0.05, 0) is 12.5 Å². The van der Waals surface area contributed by atoms with Gasteiger partial charge >= 0.3 is 18.5 Å². The highest BCUT2D eigenvalue weighted by Crippen LogP contribution is 2.39. The largest absolute Gasteiger partial charge is 0.574 e. The number of pyridine rings is 1. The Morgan fingerprint density at radius 3 is 2.30 bits per heavy atom. The van der Waals surface area contributed by atoms with Gasteiger partial charge in [0.25, 0.3) is 0 Å². The standard InChI is InChI=1S/C12H12F6N2O3/c1-2-22-8(21)3-6-5-20-10(23-12(16,17)18)7(4-19)9(6)11(13,14)15/h5H,2-4,19H2,1H3. The molecule has 0 unspecified atom stereocenters. The van der Waals surface area contributed by atoms with Crippen LogP contribution in [0.3, 0.4) is 0 Å². The molecule has 5 nitrogen and oxygen atoms in total. The maximum atomic E-state index is 13.2. The number of nitrogens with two attached hydrogens (primary N) is 1. The van der Waals surface area contributed by atoms with Crippen LogP contribution in [-0.2, 0) is 28.7 Å². The lowest BCUT2D eigenvalue weighted by molar-refractivity contribution is -0.276. The lowest BCUT2D eigenvalue weighted by Crippen LogP contribution is -2.24. The van der Waals surface area contributed by atoms with Crippen LogP contribution in [0.15, 0.2) is 6.20 Å². The molecule has 2 N–H and O–H groups in total. The minimum atomic E-state index is -5.23. The zero-order chi connectivity index (χ0) is 17.8. The number of halogens is 6. The molecule has 0 saturated carbocycles. The third kappa shape index (κ3) is 5.27. The van der Waals surface area contributed by atoms with E-state index >= 15 is 0 Å². The van der Waals surface area contributed by atoms with Crippen LogP contribution in [0, 0.1) is 0 Å². The molecule has 11 heteroatoms. The fourth-order valence-electron chi connectivity index (χ4n) is 1.82. The van der Waals surface area contributed by atoms with Crippen LogP contribution in [0.25, 0.3) is 0 Å². The van der Waals surface area contributed by atoms with Crippen molar-refractivity contribution < 1.29 is 40.6 Å². The maximum Gasteiger partial charge on any atom is 0.574 e. The molecule has 0 radical (unpaired) electrons. The van der Waals surface area contributed by atoms with Crippen molar-refractivity contribution in [3.05, 3.63) is 22.9 Å². The normalized spacial score (nSPS) is 12.2. The molecule has 1 heterocycles. The molecule has 0 aliphatic carbocycles. The van der Waals surface area contributed by atoms with E-state index in [1.165, 1.54) is 6.92 Å². The van der Waals surface area contributed by atoms with E-state index in [1.54, 1.807) is 0 Å². The molecule has 130 valence electrons.